The van der Waals surface area contributed by atoms with Gasteiger partial charge in [0.2, 0.25) is 0 Å². The molecule has 1 fully saturated rings. The average Bonchev–Trinajstić information content (AvgIpc) is 3.43. The van der Waals surface area contributed by atoms with Crippen molar-refractivity contribution in [2.45, 2.75) is 23.8 Å². The van der Waals surface area contributed by atoms with E-state index in [0.29, 0.717) is 11.3 Å². The van der Waals surface area contributed by atoms with Crippen LogP contribution in [0.5, 0.6) is 0 Å². The zero-order chi connectivity index (χ0) is 21.2. The molecule has 1 unspecified atom stereocenters. The molecule has 0 radical (unpaired) electrons. The molecule has 0 saturated heterocycles. The highest BCUT2D eigenvalue weighted by atomic mass is 32.2. The standard InChI is InChI=1S/C19H14F2N4O4S/c20-15-7-13-17(8-16(15)21)24(19(10-1-2-10)14-9-22-23-18(13)14)30(28,29)12-5-3-11(4-6-12)25(26)27/h3-10,19H,1-2H2,(H,22,23). The van der Waals surface area contributed by atoms with Crippen LogP contribution in [-0.4, -0.2) is 23.5 Å². The summed E-state index contributed by atoms with van der Waals surface area (Å²) in [5, 5.41) is 17.7. The van der Waals surface area contributed by atoms with Crippen molar-refractivity contribution < 1.29 is 22.1 Å². The molecule has 154 valence electrons. The summed E-state index contributed by atoms with van der Waals surface area (Å²) in [6, 6.07) is 5.65. The number of rotatable bonds is 4. The second kappa shape index (κ2) is 6.33. The number of fused-ring (bicyclic) bond motifs is 3. The fourth-order valence-corrected chi connectivity index (χ4v) is 5.62. The molecule has 1 aliphatic carbocycles. The largest absolute Gasteiger partial charge is 0.277 e. The summed E-state index contributed by atoms with van der Waals surface area (Å²) in [4.78, 5) is 10.1. The number of nitrogens with zero attached hydrogens (tertiary/aromatic N) is 3. The summed E-state index contributed by atoms with van der Waals surface area (Å²) in [6.45, 7) is 0. The summed E-state index contributed by atoms with van der Waals surface area (Å²) < 4.78 is 56.5. The zero-order valence-corrected chi connectivity index (χ0v) is 16.1. The third-order valence-electron chi connectivity index (χ3n) is 5.46. The third-order valence-corrected chi connectivity index (χ3v) is 7.27. The Kier molecular flexibility index (Phi) is 3.94. The fraction of sp³-hybridized carbons (Fsp3) is 0.211. The van der Waals surface area contributed by atoms with E-state index in [0.717, 1.165) is 53.5 Å². The number of hydrogen-bond donors (Lipinski definition) is 1. The molecule has 5 rings (SSSR count). The number of H-pyrrole nitrogens is 1. The molecule has 3 aromatic rings. The van der Waals surface area contributed by atoms with E-state index in [4.69, 9.17) is 0 Å². The minimum Gasteiger partial charge on any atom is -0.277 e. The topological polar surface area (TPSA) is 109 Å². The van der Waals surface area contributed by atoms with Crippen molar-refractivity contribution in [3.05, 3.63) is 69.9 Å². The Hall–Kier alpha value is -3.34. The number of hydrogen-bond acceptors (Lipinski definition) is 5. The molecule has 2 heterocycles. The smallest absolute Gasteiger partial charge is 0.269 e. The molecule has 1 saturated carbocycles. The van der Waals surface area contributed by atoms with E-state index in [1.54, 1.807) is 0 Å². The Morgan fingerprint density at radius 1 is 1.13 bits per heavy atom. The quantitative estimate of drug-likeness (QED) is 0.496. The lowest BCUT2D eigenvalue weighted by atomic mass is 9.93. The first-order valence-corrected chi connectivity index (χ1v) is 10.5. The Morgan fingerprint density at radius 2 is 1.80 bits per heavy atom. The number of aromatic amines is 1. The van der Waals surface area contributed by atoms with Gasteiger partial charge < -0.3 is 0 Å². The molecular formula is C19H14F2N4O4S. The number of aromatic nitrogens is 2. The van der Waals surface area contributed by atoms with Gasteiger partial charge in [0.25, 0.3) is 15.7 Å². The minimum absolute atomic E-state index is 0.000836. The van der Waals surface area contributed by atoms with E-state index in [-0.39, 0.29) is 27.8 Å². The fourth-order valence-electron chi connectivity index (χ4n) is 3.92. The van der Waals surface area contributed by atoms with Gasteiger partial charge in [0.05, 0.1) is 33.4 Å². The van der Waals surface area contributed by atoms with Crippen LogP contribution < -0.4 is 4.31 Å². The van der Waals surface area contributed by atoms with Gasteiger partial charge in [0.15, 0.2) is 11.6 Å². The maximum absolute atomic E-state index is 14.2. The van der Waals surface area contributed by atoms with Crippen LogP contribution in [0.2, 0.25) is 0 Å². The van der Waals surface area contributed by atoms with Gasteiger partial charge in [-0.05, 0) is 37.0 Å². The third kappa shape index (κ3) is 2.69. The number of non-ortho nitro benzene ring substituents is 1. The molecule has 2 aliphatic rings. The van der Waals surface area contributed by atoms with Crippen molar-refractivity contribution in [1.82, 2.24) is 10.2 Å². The number of benzene rings is 2. The maximum atomic E-state index is 14.2. The highest BCUT2D eigenvalue weighted by molar-refractivity contribution is 7.92. The maximum Gasteiger partial charge on any atom is 0.269 e. The summed E-state index contributed by atoms with van der Waals surface area (Å²) in [6.07, 6.45) is 3.06. The van der Waals surface area contributed by atoms with Gasteiger partial charge >= 0.3 is 0 Å². The van der Waals surface area contributed by atoms with Crippen molar-refractivity contribution in [2.24, 2.45) is 5.92 Å². The van der Waals surface area contributed by atoms with Crippen molar-refractivity contribution in [3.63, 3.8) is 0 Å². The Morgan fingerprint density at radius 3 is 2.43 bits per heavy atom. The predicted molar refractivity (Wildman–Crippen MR) is 102 cm³/mol. The van der Waals surface area contributed by atoms with Gasteiger partial charge in [-0.2, -0.15) is 5.10 Å². The molecule has 8 nitrogen and oxygen atoms in total. The number of sulfonamides is 1. The van der Waals surface area contributed by atoms with E-state index in [2.05, 4.69) is 10.2 Å². The van der Waals surface area contributed by atoms with Crippen molar-refractivity contribution >= 4 is 21.4 Å². The Bertz CT molecular complexity index is 1290. The van der Waals surface area contributed by atoms with E-state index >= 15 is 0 Å². The molecule has 1 aliphatic heterocycles. The number of nitro benzene ring substituents is 1. The normalized spacial score (nSPS) is 18.1. The molecule has 30 heavy (non-hydrogen) atoms. The molecule has 0 bridgehead atoms. The molecule has 0 spiro atoms. The molecule has 11 heteroatoms. The minimum atomic E-state index is -4.24. The highest BCUT2D eigenvalue weighted by Gasteiger charge is 2.47. The molecule has 1 atom stereocenters. The van der Waals surface area contributed by atoms with E-state index in [1.165, 1.54) is 6.20 Å². The molecule has 1 aromatic heterocycles. The lowest BCUT2D eigenvalue weighted by molar-refractivity contribution is -0.384. The monoisotopic (exact) mass is 432 g/mol. The van der Waals surface area contributed by atoms with E-state index in [9.17, 15) is 27.3 Å². The van der Waals surface area contributed by atoms with E-state index in [1.807, 2.05) is 0 Å². The molecule has 1 N–H and O–H groups in total. The summed E-state index contributed by atoms with van der Waals surface area (Å²) in [7, 11) is -4.24. The lowest BCUT2D eigenvalue weighted by Crippen LogP contribution is -2.38. The van der Waals surface area contributed by atoms with Crippen LogP contribution in [0.25, 0.3) is 11.3 Å². The molecular weight excluding hydrogens is 418 g/mol. The SMILES string of the molecule is O=[N+]([O-])c1ccc(S(=O)(=O)N2c3cc(F)c(F)cc3-c3[nH]ncc3C2C2CC2)cc1. The second-order valence-corrected chi connectivity index (χ2v) is 9.13. The summed E-state index contributed by atoms with van der Waals surface area (Å²) in [5.74, 6) is -2.28. The van der Waals surface area contributed by atoms with Gasteiger partial charge in [-0.15, -0.1) is 0 Å². The van der Waals surface area contributed by atoms with Crippen LogP contribution in [-0.2, 0) is 10.0 Å². The predicted octanol–water partition coefficient (Wildman–Crippen LogP) is 3.92. The molecule has 0 amide bonds. The van der Waals surface area contributed by atoms with Crippen molar-refractivity contribution in [1.29, 1.82) is 0 Å². The number of nitrogens with one attached hydrogen (secondary N) is 1. The van der Waals surface area contributed by atoms with Crippen LogP contribution in [0.15, 0.2) is 47.5 Å². The first-order chi connectivity index (χ1) is 14.3. The van der Waals surface area contributed by atoms with Gasteiger partial charge in [0.1, 0.15) is 0 Å². The van der Waals surface area contributed by atoms with Crippen molar-refractivity contribution in [3.8, 4) is 11.3 Å². The summed E-state index contributed by atoms with van der Waals surface area (Å²) in [5.41, 5.74) is 0.971. The zero-order valence-electron chi connectivity index (χ0n) is 15.2. The Labute approximate surface area is 169 Å². The second-order valence-electron chi connectivity index (χ2n) is 7.32. The van der Waals surface area contributed by atoms with Gasteiger partial charge in [0, 0.05) is 29.3 Å². The number of halogens is 2. The van der Waals surface area contributed by atoms with Gasteiger partial charge in [-0.1, -0.05) is 0 Å². The van der Waals surface area contributed by atoms with Gasteiger partial charge in [-0.3, -0.25) is 19.5 Å². The van der Waals surface area contributed by atoms with E-state index < -0.39 is 32.6 Å². The van der Waals surface area contributed by atoms with Crippen LogP contribution in [0, 0.1) is 27.7 Å². The van der Waals surface area contributed by atoms with Crippen molar-refractivity contribution in [2.75, 3.05) is 4.31 Å². The molecule has 2 aromatic carbocycles. The first kappa shape index (κ1) is 18.7. The van der Waals surface area contributed by atoms with Crippen LogP contribution in [0.3, 0.4) is 0 Å². The first-order valence-electron chi connectivity index (χ1n) is 9.10. The lowest BCUT2D eigenvalue weighted by Gasteiger charge is -2.37. The number of anilines is 1. The average molecular weight is 432 g/mol. The highest BCUT2D eigenvalue weighted by Crippen LogP contribution is 2.54. The Balaban J connectivity index is 1.73. The van der Waals surface area contributed by atoms with Crippen LogP contribution >= 0.6 is 0 Å². The van der Waals surface area contributed by atoms with Crippen LogP contribution in [0.4, 0.5) is 20.2 Å². The summed E-state index contributed by atoms with van der Waals surface area (Å²) >= 11 is 0. The van der Waals surface area contributed by atoms with Gasteiger partial charge in [-0.25, -0.2) is 17.2 Å². The number of nitro groups is 1. The van der Waals surface area contributed by atoms with Crippen LogP contribution in [0.1, 0.15) is 24.4 Å².